The summed E-state index contributed by atoms with van der Waals surface area (Å²) in [7, 11) is -3.54. The largest absolute Gasteiger partial charge is 0.446 e. The second-order valence-corrected chi connectivity index (χ2v) is 6.58. The minimum Gasteiger partial charge on any atom is -0.446 e. The van der Waals surface area contributed by atoms with Crippen LogP contribution in [0.2, 0.25) is 0 Å². The lowest BCUT2D eigenvalue weighted by Crippen LogP contribution is -2.27. The summed E-state index contributed by atoms with van der Waals surface area (Å²) >= 11 is 0. The molecule has 1 fully saturated rings. The summed E-state index contributed by atoms with van der Waals surface area (Å²) < 4.78 is 32.9. The van der Waals surface area contributed by atoms with Crippen LogP contribution < -0.4 is 0 Å². The van der Waals surface area contributed by atoms with Gasteiger partial charge in [-0.25, -0.2) is 18.1 Å². The highest BCUT2D eigenvalue weighted by atomic mass is 32.2. The fraction of sp³-hybridized carbons (Fsp3) is 0.417. The molecule has 0 unspecified atom stereocenters. The van der Waals surface area contributed by atoms with Crippen LogP contribution in [0.5, 0.6) is 0 Å². The Morgan fingerprint density at radius 3 is 2.76 bits per heavy atom. The Labute approximate surface area is 121 Å². The van der Waals surface area contributed by atoms with Crippen molar-refractivity contribution in [2.45, 2.75) is 24.5 Å². The van der Waals surface area contributed by atoms with E-state index in [4.69, 9.17) is 9.68 Å². The molecule has 2 aromatic rings. The maximum Gasteiger partial charge on any atom is 0.276 e. The van der Waals surface area contributed by atoms with Crippen LogP contribution in [-0.4, -0.2) is 40.6 Å². The van der Waals surface area contributed by atoms with Gasteiger partial charge < -0.3 is 4.42 Å². The van der Waals surface area contributed by atoms with Crippen LogP contribution in [0.4, 0.5) is 0 Å². The van der Waals surface area contributed by atoms with Crippen molar-refractivity contribution in [1.29, 1.82) is 5.26 Å². The summed E-state index contributed by atoms with van der Waals surface area (Å²) in [6.07, 6.45) is 3.15. The van der Waals surface area contributed by atoms with Gasteiger partial charge in [0.15, 0.2) is 0 Å². The van der Waals surface area contributed by atoms with Crippen molar-refractivity contribution < 1.29 is 12.8 Å². The Morgan fingerprint density at radius 2 is 2.10 bits per heavy atom. The lowest BCUT2D eigenvalue weighted by molar-refractivity contribution is 0.380. The first-order valence-electron chi connectivity index (χ1n) is 6.48. The zero-order valence-corrected chi connectivity index (χ0v) is 12.0. The van der Waals surface area contributed by atoms with Gasteiger partial charge in [0.05, 0.1) is 0 Å². The number of aromatic nitrogens is 3. The minimum absolute atomic E-state index is 0.0555. The third kappa shape index (κ3) is 2.68. The van der Waals surface area contributed by atoms with Crippen molar-refractivity contribution in [3.63, 3.8) is 0 Å². The van der Waals surface area contributed by atoms with Crippen molar-refractivity contribution in [3.05, 3.63) is 30.0 Å². The maximum atomic E-state index is 12.3. The number of rotatable bonds is 4. The molecule has 2 aromatic heterocycles. The van der Waals surface area contributed by atoms with E-state index in [-0.39, 0.29) is 17.5 Å². The lowest BCUT2D eigenvalue weighted by atomic mass is 10.4. The Hall–Kier alpha value is -2.18. The lowest BCUT2D eigenvalue weighted by Gasteiger charge is -2.12. The SMILES string of the molecule is N#Cc1ncn(Cc2ccc(S(=O)(=O)N3CCCC3)o2)n1. The molecule has 1 saturated heterocycles. The quantitative estimate of drug-likeness (QED) is 0.818. The summed E-state index contributed by atoms with van der Waals surface area (Å²) in [6.45, 7) is 1.30. The van der Waals surface area contributed by atoms with Gasteiger partial charge in [-0.3, -0.25) is 0 Å². The highest BCUT2D eigenvalue weighted by Gasteiger charge is 2.29. The van der Waals surface area contributed by atoms with Crippen LogP contribution in [-0.2, 0) is 16.6 Å². The first-order valence-corrected chi connectivity index (χ1v) is 7.92. The molecule has 0 spiro atoms. The molecule has 21 heavy (non-hydrogen) atoms. The van der Waals surface area contributed by atoms with Crippen LogP contribution in [0, 0.1) is 11.3 Å². The van der Waals surface area contributed by atoms with E-state index in [1.807, 2.05) is 6.07 Å². The van der Waals surface area contributed by atoms with Crippen molar-refractivity contribution in [3.8, 4) is 6.07 Å². The molecular formula is C12H13N5O3S. The summed E-state index contributed by atoms with van der Waals surface area (Å²) in [4.78, 5) is 3.77. The first kappa shape index (κ1) is 13.8. The van der Waals surface area contributed by atoms with Gasteiger partial charge in [-0.2, -0.15) is 9.57 Å². The first-order chi connectivity index (χ1) is 10.1. The van der Waals surface area contributed by atoms with E-state index < -0.39 is 10.0 Å². The molecule has 0 bridgehead atoms. The molecule has 1 aliphatic rings. The average Bonchev–Trinajstić information content (AvgIpc) is 3.21. The smallest absolute Gasteiger partial charge is 0.276 e. The Balaban J connectivity index is 1.78. The highest BCUT2D eigenvalue weighted by Crippen LogP contribution is 2.22. The van der Waals surface area contributed by atoms with Crippen LogP contribution in [0.15, 0.2) is 28.0 Å². The zero-order chi connectivity index (χ0) is 14.9. The number of nitriles is 1. The zero-order valence-electron chi connectivity index (χ0n) is 11.1. The summed E-state index contributed by atoms with van der Waals surface area (Å²) in [5.74, 6) is 0.508. The Kier molecular flexibility index (Phi) is 3.48. The summed E-state index contributed by atoms with van der Waals surface area (Å²) in [5, 5.41) is 12.5. The van der Waals surface area contributed by atoms with E-state index in [2.05, 4.69) is 10.1 Å². The third-order valence-electron chi connectivity index (χ3n) is 3.25. The second-order valence-electron chi connectivity index (χ2n) is 4.71. The minimum atomic E-state index is -3.54. The normalized spacial score (nSPS) is 16.1. The van der Waals surface area contributed by atoms with Crippen molar-refractivity contribution in [2.75, 3.05) is 13.1 Å². The van der Waals surface area contributed by atoms with E-state index in [0.29, 0.717) is 18.8 Å². The molecule has 0 aliphatic carbocycles. The van der Waals surface area contributed by atoms with Gasteiger partial charge >= 0.3 is 0 Å². The molecule has 1 aliphatic heterocycles. The van der Waals surface area contributed by atoms with Crippen molar-refractivity contribution >= 4 is 10.0 Å². The van der Waals surface area contributed by atoms with E-state index in [9.17, 15) is 8.42 Å². The molecular weight excluding hydrogens is 294 g/mol. The number of hydrogen-bond acceptors (Lipinski definition) is 6. The topological polar surface area (TPSA) is 105 Å². The van der Waals surface area contributed by atoms with Crippen molar-refractivity contribution in [1.82, 2.24) is 19.1 Å². The van der Waals surface area contributed by atoms with Gasteiger partial charge in [-0.05, 0) is 25.0 Å². The monoisotopic (exact) mass is 307 g/mol. The molecule has 3 heterocycles. The third-order valence-corrected chi connectivity index (χ3v) is 5.02. The second kappa shape index (κ2) is 5.31. The van der Waals surface area contributed by atoms with E-state index in [0.717, 1.165) is 12.8 Å². The van der Waals surface area contributed by atoms with Gasteiger partial charge in [0, 0.05) is 13.1 Å². The fourth-order valence-corrected chi connectivity index (χ4v) is 3.67. The Bertz CT molecular complexity index is 780. The molecule has 110 valence electrons. The average molecular weight is 307 g/mol. The van der Waals surface area contributed by atoms with Gasteiger partial charge in [0.2, 0.25) is 5.09 Å². The fourth-order valence-electron chi connectivity index (χ4n) is 2.22. The molecule has 0 atom stereocenters. The maximum absolute atomic E-state index is 12.3. The molecule has 9 heteroatoms. The van der Waals surface area contributed by atoms with Gasteiger partial charge in [-0.15, -0.1) is 5.10 Å². The Morgan fingerprint density at radius 1 is 1.33 bits per heavy atom. The molecule has 8 nitrogen and oxygen atoms in total. The highest BCUT2D eigenvalue weighted by molar-refractivity contribution is 7.89. The van der Waals surface area contributed by atoms with Crippen molar-refractivity contribution in [2.24, 2.45) is 0 Å². The van der Waals surface area contributed by atoms with Gasteiger partial charge in [0.1, 0.15) is 24.7 Å². The molecule has 0 N–H and O–H groups in total. The van der Waals surface area contributed by atoms with Crippen LogP contribution in [0.1, 0.15) is 24.4 Å². The predicted octanol–water partition coefficient (Wildman–Crippen LogP) is 0.576. The van der Waals surface area contributed by atoms with Crippen LogP contribution >= 0.6 is 0 Å². The van der Waals surface area contributed by atoms with E-state index in [1.54, 1.807) is 6.07 Å². The van der Waals surface area contributed by atoms with Crippen LogP contribution in [0.3, 0.4) is 0 Å². The van der Waals surface area contributed by atoms with Crippen LogP contribution in [0.25, 0.3) is 0 Å². The van der Waals surface area contributed by atoms with E-state index in [1.165, 1.54) is 21.4 Å². The summed E-state index contributed by atoms with van der Waals surface area (Å²) in [5.41, 5.74) is 0. The number of nitrogens with zero attached hydrogens (tertiary/aromatic N) is 5. The number of furan rings is 1. The standard InChI is InChI=1S/C12H13N5O3S/c13-7-11-14-9-16(15-11)8-10-3-4-12(20-10)21(18,19)17-5-1-2-6-17/h3-4,9H,1-2,5-6,8H2. The molecule has 0 saturated carbocycles. The van der Waals surface area contributed by atoms with Gasteiger partial charge in [-0.1, -0.05) is 0 Å². The predicted molar refractivity (Wildman–Crippen MR) is 70.5 cm³/mol. The molecule has 3 rings (SSSR count). The molecule has 0 amide bonds. The number of hydrogen-bond donors (Lipinski definition) is 0. The van der Waals surface area contributed by atoms with Gasteiger partial charge in [0.25, 0.3) is 15.8 Å². The summed E-state index contributed by atoms with van der Waals surface area (Å²) in [6, 6.07) is 4.87. The van der Waals surface area contributed by atoms with E-state index >= 15 is 0 Å². The number of sulfonamides is 1. The molecule has 0 aromatic carbocycles. The molecule has 0 radical (unpaired) electrons.